The first-order chi connectivity index (χ1) is 17.2. The fourth-order valence-corrected chi connectivity index (χ4v) is 5.10. The van der Waals surface area contributed by atoms with Crippen molar-refractivity contribution in [1.82, 2.24) is 4.90 Å². The van der Waals surface area contributed by atoms with Gasteiger partial charge < -0.3 is 24.0 Å². The number of rotatable bonds is 7. The highest BCUT2D eigenvalue weighted by Gasteiger charge is 2.32. The lowest BCUT2D eigenvalue weighted by Gasteiger charge is -2.34. The smallest absolute Gasteiger partial charge is 0.260 e. The van der Waals surface area contributed by atoms with Crippen LogP contribution in [0.15, 0.2) is 66.0 Å². The average molecular weight is 493 g/mol. The summed E-state index contributed by atoms with van der Waals surface area (Å²) >= 11 is 1.63. The number of ether oxygens (including phenoxy) is 3. The third kappa shape index (κ3) is 5.59. The fourth-order valence-electron chi connectivity index (χ4n) is 4.40. The maximum atomic E-state index is 13.7. The largest absolute Gasteiger partial charge is 0.486 e. The van der Waals surface area contributed by atoms with Gasteiger partial charge >= 0.3 is 0 Å². The Bertz CT molecular complexity index is 1140. The molecule has 8 heteroatoms. The van der Waals surface area contributed by atoms with Gasteiger partial charge in [0, 0.05) is 35.6 Å². The Morgan fingerprint density at radius 2 is 1.74 bits per heavy atom. The van der Waals surface area contributed by atoms with Crippen LogP contribution in [0.4, 0.5) is 5.69 Å². The summed E-state index contributed by atoms with van der Waals surface area (Å²) in [7, 11) is 0. The van der Waals surface area contributed by atoms with E-state index in [1.165, 1.54) is 0 Å². The second-order valence-corrected chi connectivity index (χ2v) is 9.62. The Hall–Kier alpha value is -3.52. The van der Waals surface area contributed by atoms with Crippen LogP contribution in [-0.2, 0) is 16.1 Å². The molecule has 3 aromatic rings. The molecule has 2 aliphatic rings. The van der Waals surface area contributed by atoms with Gasteiger partial charge in [-0.3, -0.25) is 9.59 Å². The van der Waals surface area contributed by atoms with Gasteiger partial charge in [-0.25, -0.2) is 0 Å². The third-order valence-corrected chi connectivity index (χ3v) is 7.16. The van der Waals surface area contributed by atoms with Crippen molar-refractivity contribution in [3.8, 4) is 17.2 Å². The van der Waals surface area contributed by atoms with E-state index in [4.69, 9.17) is 14.2 Å². The average Bonchev–Trinajstić information content (AvgIpc) is 3.44. The molecule has 0 atom stereocenters. The normalized spacial score (nSPS) is 15.5. The first-order valence-corrected chi connectivity index (χ1v) is 12.7. The lowest BCUT2D eigenvalue weighted by atomic mass is 9.94. The molecule has 1 fully saturated rings. The van der Waals surface area contributed by atoms with Crippen molar-refractivity contribution >= 4 is 28.8 Å². The van der Waals surface area contributed by atoms with Crippen LogP contribution >= 0.6 is 11.3 Å². The Morgan fingerprint density at radius 3 is 2.49 bits per heavy atom. The first-order valence-electron chi connectivity index (χ1n) is 11.9. The highest BCUT2D eigenvalue weighted by Crippen LogP contribution is 2.36. The van der Waals surface area contributed by atoms with Crippen molar-refractivity contribution in [2.75, 3.05) is 37.8 Å². The van der Waals surface area contributed by atoms with E-state index in [9.17, 15) is 9.59 Å². The molecule has 1 saturated heterocycles. The minimum atomic E-state index is -0.151. The molecule has 0 bridgehead atoms. The number of hydrogen-bond acceptors (Lipinski definition) is 6. The number of carbonyl (C=O) groups excluding carboxylic acids is 2. The van der Waals surface area contributed by atoms with E-state index in [0.29, 0.717) is 62.9 Å². The van der Waals surface area contributed by atoms with Crippen molar-refractivity contribution in [3.05, 3.63) is 70.9 Å². The number of thiophene rings is 1. The molecule has 35 heavy (non-hydrogen) atoms. The standard InChI is InChI=1S/C27H28N2O5S/c30-26(19-34-22-5-2-1-3-6-22)28-12-10-20(11-13-28)27(31)29(18-23-7-4-16-35-23)21-8-9-24-25(17-21)33-15-14-32-24/h1-9,16-17,20H,10-15,18-19H2. The molecule has 1 aromatic heterocycles. The van der Waals surface area contributed by atoms with Gasteiger partial charge in [0.05, 0.1) is 6.54 Å². The van der Waals surface area contributed by atoms with Crippen molar-refractivity contribution < 1.29 is 23.8 Å². The van der Waals surface area contributed by atoms with Crippen molar-refractivity contribution in [3.63, 3.8) is 0 Å². The summed E-state index contributed by atoms with van der Waals surface area (Å²) in [5.74, 6) is 1.91. The molecular formula is C27H28N2O5S. The summed E-state index contributed by atoms with van der Waals surface area (Å²) in [6.45, 7) is 2.61. The molecule has 0 spiro atoms. The highest BCUT2D eigenvalue weighted by molar-refractivity contribution is 7.09. The molecule has 0 aliphatic carbocycles. The van der Waals surface area contributed by atoms with Crippen molar-refractivity contribution in [1.29, 1.82) is 0 Å². The van der Waals surface area contributed by atoms with Gasteiger partial charge in [0.25, 0.3) is 5.91 Å². The maximum Gasteiger partial charge on any atom is 0.260 e. The van der Waals surface area contributed by atoms with Gasteiger partial charge in [0.1, 0.15) is 19.0 Å². The monoisotopic (exact) mass is 492 g/mol. The molecular weight excluding hydrogens is 464 g/mol. The summed E-state index contributed by atoms with van der Waals surface area (Å²) in [5.41, 5.74) is 0.794. The predicted octanol–water partition coefficient (Wildman–Crippen LogP) is 4.37. The van der Waals surface area contributed by atoms with Crippen LogP contribution in [0.5, 0.6) is 17.2 Å². The zero-order valence-corrected chi connectivity index (χ0v) is 20.2. The van der Waals surface area contributed by atoms with Crippen LogP contribution in [0.3, 0.4) is 0 Å². The molecule has 5 rings (SSSR count). The molecule has 0 saturated carbocycles. The molecule has 3 heterocycles. The number of benzene rings is 2. The molecule has 182 valence electrons. The molecule has 2 aromatic carbocycles. The molecule has 0 N–H and O–H groups in total. The Balaban J connectivity index is 1.24. The van der Waals surface area contributed by atoms with Gasteiger partial charge in [-0.2, -0.15) is 0 Å². The van der Waals surface area contributed by atoms with E-state index in [0.717, 1.165) is 10.6 Å². The summed E-state index contributed by atoms with van der Waals surface area (Å²) in [6.07, 6.45) is 1.25. The van der Waals surface area contributed by atoms with E-state index in [1.54, 1.807) is 16.2 Å². The molecule has 7 nitrogen and oxygen atoms in total. The van der Waals surface area contributed by atoms with E-state index in [-0.39, 0.29) is 24.3 Å². The van der Waals surface area contributed by atoms with E-state index < -0.39 is 0 Å². The summed E-state index contributed by atoms with van der Waals surface area (Å²) in [4.78, 5) is 31.1. The molecule has 2 amide bonds. The number of amides is 2. The SMILES string of the molecule is O=C(COc1ccccc1)N1CCC(C(=O)N(Cc2cccs2)c2ccc3c(c2)OCCO3)CC1. The maximum absolute atomic E-state index is 13.7. The van der Waals surface area contributed by atoms with Gasteiger partial charge in [-0.05, 0) is 48.6 Å². The number of nitrogens with zero attached hydrogens (tertiary/aromatic N) is 2. The minimum Gasteiger partial charge on any atom is -0.486 e. The van der Waals surface area contributed by atoms with Gasteiger partial charge in [-0.1, -0.05) is 24.3 Å². The van der Waals surface area contributed by atoms with Crippen LogP contribution in [0.25, 0.3) is 0 Å². The number of likely N-dealkylation sites (tertiary alicyclic amines) is 1. The summed E-state index contributed by atoms with van der Waals surface area (Å²) in [5, 5.41) is 2.02. The van der Waals surface area contributed by atoms with Gasteiger partial charge in [-0.15, -0.1) is 11.3 Å². The highest BCUT2D eigenvalue weighted by atomic mass is 32.1. The van der Waals surface area contributed by atoms with E-state index in [1.807, 2.05) is 70.9 Å². The predicted molar refractivity (Wildman–Crippen MR) is 134 cm³/mol. The first kappa shape index (κ1) is 23.2. The number of hydrogen-bond donors (Lipinski definition) is 0. The van der Waals surface area contributed by atoms with Crippen molar-refractivity contribution in [2.24, 2.45) is 5.92 Å². The van der Waals surface area contributed by atoms with Crippen LogP contribution in [-0.4, -0.2) is 49.6 Å². The van der Waals surface area contributed by atoms with Crippen molar-refractivity contribution in [2.45, 2.75) is 19.4 Å². The van der Waals surface area contributed by atoms with Crippen LogP contribution < -0.4 is 19.1 Å². The van der Waals surface area contributed by atoms with Crippen LogP contribution in [0.2, 0.25) is 0 Å². The summed E-state index contributed by atoms with van der Waals surface area (Å²) < 4.78 is 17.0. The van der Waals surface area contributed by atoms with Gasteiger partial charge in [0.15, 0.2) is 18.1 Å². The third-order valence-electron chi connectivity index (χ3n) is 6.30. The lowest BCUT2D eigenvalue weighted by Crippen LogP contribution is -2.45. The van der Waals surface area contributed by atoms with Gasteiger partial charge in [0.2, 0.25) is 5.91 Å². The van der Waals surface area contributed by atoms with E-state index >= 15 is 0 Å². The second kappa shape index (κ2) is 10.8. The second-order valence-electron chi connectivity index (χ2n) is 8.59. The lowest BCUT2D eigenvalue weighted by molar-refractivity contribution is -0.136. The number of anilines is 1. The molecule has 0 unspecified atom stereocenters. The Morgan fingerprint density at radius 1 is 0.971 bits per heavy atom. The summed E-state index contributed by atoms with van der Waals surface area (Å²) in [6, 6.07) is 19.0. The molecule has 2 aliphatic heterocycles. The zero-order valence-electron chi connectivity index (χ0n) is 19.4. The minimum absolute atomic E-state index is 0.00429. The fraction of sp³-hybridized carbons (Fsp3) is 0.333. The topological polar surface area (TPSA) is 68.3 Å². The number of piperidine rings is 1. The quantitative estimate of drug-likeness (QED) is 0.490. The van der Waals surface area contributed by atoms with Crippen LogP contribution in [0, 0.1) is 5.92 Å². The zero-order chi connectivity index (χ0) is 24.0. The number of carbonyl (C=O) groups is 2. The number of fused-ring (bicyclic) bond motifs is 1. The van der Waals surface area contributed by atoms with E-state index in [2.05, 4.69) is 0 Å². The van der Waals surface area contributed by atoms with Crippen LogP contribution in [0.1, 0.15) is 17.7 Å². The molecule has 0 radical (unpaired) electrons. The Kier molecular flexibility index (Phi) is 7.18. The Labute approximate surface area is 208 Å². The number of para-hydroxylation sites is 1.